The van der Waals surface area contributed by atoms with Crippen LogP contribution < -0.4 is 5.32 Å². The minimum Gasteiger partial charge on any atom is -0.385 e. The zero-order valence-corrected chi connectivity index (χ0v) is 12.7. The van der Waals surface area contributed by atoms with E-state index in [0.717, 1.165) is 12.0 Å². The number of methoxy groups -OCH3 is 1. The summed E-state index contributed by atoms with van der Waals surface area (Å²) < 4.78 is 17.9. The molecule has 2 rings (SSSR count). The van der Waals surface area contributed by atoms with Crippen LogP contribution >= 0.6 is 0 Å². The molecular weight excluding hydrogens is 287 g/mol. The molecule has 1 atom stereocenters. The monoisotopic (exact) mass is 308 g/mol. The van der Waals surface area contributed by atoms with Crippen LogP contribution in [0.5, 0.6) is 0 Å². The van der Waals surface area contributed by atoms with Gasteiger partial charge in [-0.05, 0) is 30.5 Å². The summed E-state index contributed by atoms with van der Waals surface area (Å²) >= 11 is 0. The molecule has 6 heteroatoms. The number of hydrogen-bond donors (Lipinski definition) is 1. The lowest BCUT2D eigenvalue weighted by Crippen LogP contribution is -2.44. The summed E-state index contributed by atoms with van der Waals surface area (Å²) in [7, 11) is 1.61. The van der Waals surface area contributed by atoms with E-state index >= 15 is 0 Å². The van der Waals surface area contributed by atoms with Crippen molar-refractivity contribution in [1.82, 2.24) is 10.2 Å². The Hall–Kier alpha value is -1.95. The number of benzene rings is 1. The van der Waals surface area contributed by atoms with E-state index in [1.54, 1.807) is 24.1 Å². The lowest BCUT2D eigenvalue weighted by atomic mass is 10.1. The summed E-state index contributed by atoms with van der Waals surface area (Å²) in [6.07, 6.45) is 1.63. The highest BCUT2D eigenvalue weighted by Crippen LogP contribution is 2.21. The van der Waals surface area contributed by atoms with E-state index < -0.39 is 6.04 Å². The number of ether oxygens (including phenoxy) is 1. The zero-order chi connectivity index (χ0) is 15.9. The molecule has 0 aliphatic carbocycles. The van der Waals surface area contributed by atoms with E-state index in [1.807, 2.05) is 0 Å². The van der Waals surface area contributed by atoms with Crippen molar-refractivity contribution in [3.8, 4) is 0 Å². The molecular formula is C16H21FN2O3. The van der Waals surface area contributed by atoms with Crippen molar-refractivity contribution in [3.05, 3.63) is 35.6 Å². The first-order valence-electron chi connectivity index (χ1n) is 7.42. The van der Waals surface area contributed by atoms with Crippen molar-refractivity contribution >= 4 is 11.8 Å². The Morgan fingerprint density at radius 1 is 1.41 bits per heavy atom. The van der Waals surface area contributed by atoms with Crippen LogP contribution in [0.3, 0.4) is 0 Å². The first-order chi connectivity index (χ1) is 10.6. The number of nitrogens with zero attached hydrogens (tertiary/aromatic N) is 1. The molecule has 1 heterocycles. The quantitative estimate of drug-likeness (QED) is 0.776. The topological polar surface area (TPSA) is 58.6 Å². The summed E-state index contributed by atoms with van der Waals surface area (Å²) in [5.74, 6) is -0.491. The number of nitrogens with one attached hydrogen (secondary N) is 1. The second-order valence-corrected chi connectivity index (χ2v) is 5.34. The van der Waals surface area contributed by atoms with Gasteiger partial charge in [-0.2, -0.15) is 0 Å². The van der Waals surface area contributed by atoms with Gasteiger partial charge >= 0.3 is 0 Å². The summed E-state index contributed by atoms with van der Waals surface area (Å²) in [5.41, 5.74) is 0.814. The average molecular weight is 308 g/mol. The summed E-state index contributed by atoms with van der Waals surface area (Å²) in [6.45, 7) is 1.44. The van der Waals surface area contributed by atoms with Gasteiger partial charge in [-0.1, -0.05) is 12.1 Å². The molecule has 1 unspecified atom stereocenters. The smallest absolute Gasteiger partial charge is 0.242 e. The van der Waals surface area contributed by atoms with Gasteiger partial charge in [0.15, 0.2) is 0 Å². The maximum Gasteiger partial charge on any atom is 0.242 e. The van der Waals surface area contributed by atoms with Crippen molar-refractivity contribution in [2.45, 2.75) is 31.8 Å². The molecule has 1 saturated heterocycles. The van der Waals surface area contributed by atoms with E-state index in [-0.39, 0.29) is 17.6 Å². The first-order valence-corrected chi connectivity index (χ1v) is 7.42. The molecule has 22 heavy (non-hydrogen) atoms. The second-order valence-electron chi connectivity index (χ2n) is 5.34. The number of rotatable bonds is 7. The van der Waals surface area contributed by atoms with Crippen LogP contribution in [0.15, 0.2) is 24.3 Å². The van der Waals surface area contributed by atoms with E-state index in [4.69, 9.17) is 4.74 Å². The molecule has 0 bridgehead atoms. The molecule has 120 valence electrons. The third kappa shape index (κ3) is 4.27. The number of carbonyl (C=O) groups excluding carboxylic acids is 2. The Morgan fingerprint density at radius 3 is 2.82 bits per heavy atom. The molecule has 0 radical (unpaired) electrons. The van der Waals surface area contributed by atoms with Crippen molar-refractivity contribution in [2.75, 3.05) is 20.3 Å². The van der Waals surface area contributed by atoms with Crippen LogP contribution in [0.25, 0.3) is 0 Å². The van der Waals surface area contributed by atoms with Crippen molar-refractivity contribution in [1.29, 1.82) is 0 Å². The number of likely N-dealkylation sites (tertiary alicyclic amines) is 1. The SMILES string of the molecule is COCCCNC(=O)C1CCC(=O)N1Cc1ccc(F)cc1. The van der Waals surface area contributed by atoms with Gasteiger partial charge < -0.3 is 15.0 Å². The number of halogens is 1. The number of hydrogen-bond acceptors (Lipinski definition) is 3. The molecule has 0 spiro atoms. The van der Waals surface area contributed by atoms with Gasteiger partial charge in [-0.3, -0.25) is 9.59 Å². The normalized spacial score (nSPS) is 17.8. The third-order valence-corrected chi connectivity index (χ3v) is 3.72. The number of amides is 2. The van der Waals surface area contributed by atoms with E-state index in [1.165, 1.54) is 12.1 Å². The van der Waals surface area contributed by atoms with E-state index in [9.17, 15) is 14.0 Å². The molecule has 1 aromatic carbocycles. The molecule has 2 amide bonds. The van der Waals surface area contributed by atoms with Gasteiger partial charge in [0, 0.05) is 33.2 Å². The number of carbonyl (C=O) groups is 2. The fourth-order valence-corrected chi connectivity index (χ4v) is 2.54. The lowest BCUT2D eigenvalue weighted by Gasteiger charge is -2.24. The predicted molar refractivity (Wildman–Crippen MR) is 79.5 cm³/mol. The van der Waals surface area contributed by atoms with Crippen molar-refractivity contribution < 1.29 is 18.7 Å². The van der Waals surface area contributed by atoms with Crippen molar-refractivity contribution in [2.24, 2.45) is 0 Å². The highest BCUT2D eigenvalue weighted by molar-refractivity contribution is 5.90. The second kappa shape index (κ2) is 7.89. The minimum absolute atomic E-state index is 0.0404. The molecule has 1 aromatic rings. The maximum atomic E-state index is 12.9. The summed E-state index contributed by atoms with van der Waals surface area (Å²) in [6, 6.07) is 5.54. The summed E-state index contributed by atoms with van der Waals surface area (Å²) in [4.78, 5) is 25.8. The lowest BCUT2D eigenvalue weighted by molar-refractivity contribution is -0.135. The van der Waals surface area contributed by atoms with Crippen LogP contribution in [-0.4, -0.2) is 43.0 Å². The largest absolute Gasteiger partial charge is 0.385 e. The fourth-order valence-electron chi connectivity index (χ4n) is 2.54. The Balaban J connectivity index is 1.93. The Morgan fingerprint density at radius 2 is 2.14 bits per heavy atom. The Kier molecular flexibility index (Phi) is 5.89. The van der Waals surface area contributed by atoms with Crippen LogP contribution in [-0.2, 0) is 20.9 Å². The highest BCUT2D eigenvalue weighted by Gasteiger charge is 2.35. The van der Waals surface area contributed by atoms with Crippen LogP contribution in [0.1, 0.15) is 24.8 Å². The highest BCUT2D eigenvalue weighted by atomic mass is 19.1. The fraction of sp³-hybridized carbons (Fsp3) is 0.500. The Bertz CT molecular complexity index is 519. The van der Waals surface area contributed by atoms with Gasteiger partial charge in [0.25, 0.3) is 0 Å². The molecule has 0 aromatic heterocycles. The van der Waals surface area contributed by atoms with Crippen LogP contribution in [0.4, 0.5) is 4.39 Å². The standard InChI is InChI=1S/C16H21FN2O3/c1-22-10-2-9-18-16(21)14-7-8-15(20)19(14)11-12-3-5-13(17)6-4-12/h3-6,14H,2,7-11H2,1H3,(H,18,21). The summed E-state index contributed by atoms with van der Waals surface area (Å²) in [5, 5.41) is 2.83. The van der Waals surface area contributed by atoms with E-state index in [2.05, 4.69) is 5.32 Å². The van der Waals surface area contributed by atoms with Gasteiger partial charge in [0.1, 0.15) is 11.9 Å². The molecule has 1 N–H and O–H groups in total. The average Bonchev–Trinajstić information content (AvgIpc) is 2.87. The molecule has 1 aliphatic rings. The minimum atomic E-state index is -0.444. The first kappa shape index (κ1) is 16.4. The van der Waals surface area contributed by atoms with Gasteiger partial charge in [-0.15, -0.1) is 0 Å². The van der Waals surface area contributed by atoms with Crippen LogP contribution in [0, 0.1) is 5.82 Å². The third-order valence-electron chi connectivity index (χ3n) is 3.72. The Labute approximate surface area is 129 Å². The molecule has 1 fully saturated rings. The molecule has 5 nitrogen and oxygen atoms in total. The maximum absolute atomic E-state index is 12.9. The van der Waals surface area contributed by atoms with Gasteiger partial charge in [0.05, 0.1) is 0 Å². The van der Waals surface area contributed by atoms with Gasteiger partial charge in [0.2, 0.25) is 11.8 Å². The van der Waals surface area contributed by atoms with Gasteiger partial charge in [-0.25, -0.2) is 4.39 Å². The predicted octanol–water partition coefficient (Wildman–Crippen LogP) is 1.47. The van der Waals surface area contributed by atoms with E-state index in [0.29, 0.717) is 32.5 Å². The molecule has 1 aliphatic heterocycles. The zero-order valence-electron chi connectivity index (χ0n) is 12.7. The molecule has 0 saturated carbocycles. The van der Waals surface area contributed by atoms with Crippen LogP contribution in [0.2, 0.25) is 0 Å². The van der Waals surface area contributed by atoms with Crippen molar-refractivity contribution in [3.63, 3.8) is 0 Å².